The average Bonchev–Trinajstić information content (AvgIpc) is 2.93. The molecule has 0 bridgehead atoms. The minimum Gasteiger partial charge on any atom is -0.480 e. The van der Waals surface area contributed by atoms with Crippen molar-refractivity contribution in [3.05, 3.63) is 52.7 Å². The summed E-state index contributed by atoms with van der Waals surface area (Å²) in [5, 5.41) is 12.7. The zero-order chi connectivity index (χ0) is 13.8. The van der Waals surface area contributed by atoms with Crippen LogP contribution in [0.5, 0.6) is 0 Å². The van der Waals surface area contributed by atoms with E-state index in [0.29, 0.717) is 11.3 Å². The van der Waals surface area contributed by atoms with Crippen LogP contribution in [0.4, 0.5) is 5.69 Å². The number of carbonyl (C=O) groups excluding carboxylic acids is 1. The molecule has 5 heteroatoms. The lowest BCUT2D eigenvalue weighted by molar-refractivity contribution is -0.138. The van der Waals surface area contributed by atoms with Crippen LogP contribution in [0.3, 0.4) is 0 Å². The van der Waals surface area contributed by atoms with Crippen LogP contribution >= 0.6 is 11.3 Å². The van der Waals surface area contributed by atoms with Crippen LogP contribution in [0.25, 0.3) is 0 Å². The third kappa shape index (κ3) is 2.82. The summed E-state index contributed by atoms with van der Waals surface area (Å²) in [6, 6.07) is 9.50. The Balaban J connectivity index is 2.39. The lowest BCUT2D eigenvalue weighted by Gasteiger charge is -2.25. The van der Waals surface area contributed by atoms with Gasteiger partial charge in [-0.2, -0.15) is 11.3 Å². The summed E-state index contributed by atoms with van der Waals surface area (Å²) >= 11 is 1.42. The molecular weight excluding hydrogens is 262 g/mol. The summed E-state index contributed by atoms with van der Waals surface area (Å²) in [5.74, 6) is -1.34. The van der Waals surface area contributed by atoms with Gasteiger partial charge in [-0.05, 0) is 30.5 Å². The van der Waals surface area contributed by atoms with Gasteiger partial charge in [-0.25, -0.2) is 4.79 Å². The Kier molecular flexibility index (Phi) is 3.97. The summed E-state index contributed by atoms with van der Waals surface area (Å²) in [4.78, 5) is 24.9. The maximum absolute atomic E-state index is 12.5. The summed E-state index contributed by atoms with van der Waals surface area (Å²) in [6.07, 6.45) is 0. The third-order valence-corrected chi connectivity index (χ3v) is 3.44. The molecule has 0 radical (unpaired) electrons. The number of hydrogen-bond acceptors (Lipinski definition) is 3. The fourth-order valence-electron chi connectivity index (χ4n) is 1.74. The zero-order valence-electron chi connectivity index (χ0n) is 10.3. The number of hydrogen-bond donors (Lipinski definition) is 1. The number of carboxylic acids is 1. The van der Waals surface area contributed by atoms with Crippen LogP contribution < -0.4 is 4.90 Å². The van der Waals surface area contributed by atoms with Crippen molar-refractivity contribution in [1.82, 2.24) is 0 Å². The van der Waals surface area contributed by atoms with Crippen molar-refractivity contribution in [2.45, 2.75) is 13.0 Å². The van der Waals surface area contributed by atoms with E-state index in [0.717, 1.165) is 0 Å². The Morgan fingerprint density at radius 1 is 1.21 bits per heavy atom. The molecule has 1 aromatic heterocycles. The molecule has 1 N–H and O–H groups in total. The molecule has 0 aliphatic carbocycles. The fourth-order valence-corrected chi connectivity index (χ4v) is 2.37. The average molecular weight is 275 g/mol. The number of thiophene rings is 1. The molecule has 0 spiro atoms. The highest BCUT2D eigenvalue weighted by atomic mass is 32.1. The normalized spacial score (nSPS) is 11.8. The van der Waals surface area contributed by atoms with Gasteiger partial charge < -0.3 is 5.11 Å². The monoisotopic (exact) mass is 275 g/mol. The van der Waals surface area contributed by atoms with E-state index < -0.39 is 12.0 Å². The first-order valence-electron chi connectivity index (χ1n) is 5.75. The second kappa shape index (κ2) is 5.67. The highest BCUT2D eigenvalue weighted by Gasteiger charge is 2.28. The molecule has 1 atom stereocenters. The molecule has 0 saturated carbocycles. The number of anilines is 1. The van der Waals surface area contributed by atoms with Gasteiger partial charge in [0.2, 0.25) is 0 Å². The largest absolute Gasteiger partial charge is 0.480 e. The number of nitrogens with zero attached hydrogens (tertiary/aromatic N) is 1. The van der Waals surface area contributed by atoms with Crippen molar-refractivity contribution < 1.29 is 14.7 Å². The fraction of sp³-hybridized carbons (Fsp3) is 0.143. The number of rotatable bonds is 4. The molecule has 1 amide bonds. The van der Waals surface area contributed by atoms with E-state index in [9.17, 15) is 9.59 Å². The molecule has 2 rings (SSSR count). The van der Waals surface area contributed by atoms with E-state index in [-0.39, 0.29) is 5.91 Å². The predicted octanol–water partition coefficient (Wildman–Crippen LogP) is 2.87. The maximum Gasteiger partial charge on any atom is 0.326 e. The molecule has 19 heavy (non-hydrogen) atoms. The quantitative estimate of drug-likeness (QED) is 0.933. The molecule has 4 nitrogen and oxygen atoms in total. The van der Waals surface area contributed by atoms with Gasteiger partial charge in [0.25, 0.3) is 5.91 Å². The van der Waals surface area contributed by atoms with E-state index in [4.69, 9.17) is 5.11 Å². The SMILES string of the molecule is CC(C(=O)O)N(C(=O)c1ccccc1)c1ccsc1. The van der Waals surface area contributed by atoms with Gasteiger partial charge in [0.15, 0.2) is 0 Å². The first-order chi connectivity index (χ1) is 9.11. The standard InChI is InChI=1S/C14H13NO3S/c1-10(14(17)18)15(12-7-8-19-9-12)13(16)11-5-3-2-4-6-11/h2-10H,1H3,(H,17,18). The second-order valence-electron chi connectivity index (χ2n) is 4.04. The van der Waals surface area contributed by atoms with Gasteiger partial charge in [0.1, 0.15) is 6.04 Å². The van der Waals surface area contributed by atoms with Crippen molar-refractivity contribution in [3.8, 4) is 0 Å². The van der Waals surface area contributed by atoms with Gasteiger partial charge in [0, 0.05) is 10.9 Å². The number of carboxylic acid groups (broad SMARTS) is 1. The first-order valence-corrected chi connectivity index (χ1v) is 6.69. The van der Waals surface area contributed by atoms with Gasteiger partial charge >= 0.3 is 5.97 Å². The Morgan fingerprint density at radius 3 is 2.42 bits per heavy atom. The van der Waals surface area contributed by atoms with Crippen molar-refractivity contribution in [1.29, 1.82) is 0 Å². The van der Waals surface area contributed by atoms with E-state index in [1.54, 1.807) is 35.7 Å². The van der Waals surface area contributed by atoms with Crippen LogP contribution in [0, 0.1) is 0 Å². The summed E-state index contributed by atoms with van der Waals surface area (Å²) in [7, 11) is 0. The number of aliphatic carboxylic acids is 1. The van der Waals surface area contributed by atoms with Crippen molar-refractivity contribution in [3.63, 3.8) is 0 Å². The zero-order valence-corrected chi connectivity index (χ0v) is 11.1. The molecule has 1 aromatic carbocycles. The Bertz CT molecular complexity index is 566. The van der Waals surface area contributed by atoms with Crippen LogP contribution in [0.2, 0.25) is 0 Å². The van der Waals surface area contributed by atoms with Gasteiger partial charge in [-0.15, -0.1) is 0 Å². The Morgan fingerprint density at radius 2 is 1.89 bits per heavy atom. The summed E-state index contributed by atoms with van der Waals surface area (Å²) in [6.45, 7) is 1.50. The molecule has 2 aromatic rings. The molecule has 0 aliphatic heterocycles. The van der Waals surface area contributed by atoms with Crippen LogP contribution in [-0.2, 0) is 4.79 Å². The smallest absolute Gasteiger partial charge is 0.326 e. The molecule has 98 valence electrons. The van der Waals surface area contributed by atoms with Crippen molar-refractivity contribution in [2.75, 3.05) is 4.90 Å². The van der Waals surface area contributed by atoms with Crippen LogP contribution in [0.1, 0.15) is 17.3 Å². The minimum absolute atomic E-state index is 0.311. The van der Waals surface area contributed by atoms with Crippen molar-refractivity contribution >= 4 is 28.9 Å². The number of benzene rings is 1. The topological polar surface area (TPSA) is 57.6 Å². The first kappa shape index (κ1) is 13.3. The number of carbonyl (C=O) groups is 2. The van der Waals surface area contributed by atoms with Crippen LogP contribution in [0.15, 0.2) is 47.2 Å². The molecular formula is C14H13NO3S. The highest BCUT2D eigenvalue weighted by Crippen LogP contribution is 2.23. The molecule has 0 aliphatic rings. The third-order valence-electron chi connectivity index (χ3n) is 2.77. The Hall–Kier alpha value is -2.14. The van der Waals surface area contributed by atoms with Gasteiger partial charge in [0.05, 0.1) is 5.69 Å². The molecule has 1 unspecified atom stereocenters. The van der Waals surface area contributed by atoms with E-state index in [1.807, 2.05) is 11.4 Å². The second-order valence-corrected chi connectivity index (χ2v) is 4.82. The minimum atomic E-state index is -1.03. The molecule has 0 saturated heterocycles. The number of amides is 1. The summed E-state index contributed by atoms with van der Waals surface area (Å²) < 4.78 is 0. The lowest BCUT2D eigenvalue weighted by atomic mass is 10.1. The molecule has 0 fully saturated rings. The lowest BCUT2D eigenvalue weighted by Crippen LogP contribution is -2.43. The van der Waals surface area contributed by atoms with E-state index in [1.165, 1.54) is 23.2 Å². The van der Waals surface area contributed by atoms with Gasteiger partial charge in [-0.1, -0.05) is 18.2 Å². The maximum atomic E-state index is 12.5. The van der Waals surface area contributed by atoms with Crippen molar-refractivity contribution in [2.24, 2.45) is 0 Å². The highest BCUT2D eigenvalue weighted by molar-refractivity contribution is 7.08. The molecule has 1 heterocycles. The summed E-state index contributed by atoms with van der Waals surface area (Å²) in [5.41, 5.74) is 1.08. The Labute approximate surface area is 114 Å². The van der Waals surface area contributed by atoms with E-state index in [2.05, 4.69) is 0 Å². The van der Waals surface area contributed by atoms with Crippen LogP contribution in [-0.4, -0.2) is 23.0 Å². The predicted molar refractivity (Wildman–Crippen MR) is 74.7 cm³/mol. The van der Waals surface area contributed by atoms with Gasteiger partial charge in [-0.3, -0.25) is 9.69 Å². The van der Waals surface area contributed by atoms with E-state index >= 15 is 0 Å².